The maximum absolute atomic E-state index is 11.8. The average molecular weight is 295 g/mol. The number of carboxylic acid groups (broad SMARTS) is 1. The molecule has 0 saturated heterocycles. The van der Waals surface area contributed by atoms with Crippen LogP contribution in [0.25, 0.3) is 0 Å². The highest BCUT2D eigenvalue weighted by atomic mass is 35.5. The summed E-state index contributed by atoms with van der Waals surface area (Å²) in [5, 5.41) is 14.7. The van der Waals surface area contributed by atoms with Crippen molar-refractivity contribution in [2.45, 2.75) is 24.9 Å². The van der Waals surface area contributed by atoms with E-state index in [-0.39, 0.29) is 6.04 Å². The van der Waals surface area contributed by atoms with E-state index < -0.39 is 18.0 Å². The zero-order chi connectivity index (χ0) is 14.5. The van der Waals surface area contributed by atoms with Crippen LogP contribution in [0.3, 0.4) is 0 Å². The number of hydrogen-bond acceptors (Lipinski definition) is 2. The van der Waals surface area contributed by atoms with Gasteiger partial charge in [-0.3, -0.25) is 0 Å². The standard InChI is InChI=1S/C14H15ClN2O3/c15-11-8-4-3-7-10(11)12(13(18)19)17-14(20)16-9-5-1-2-6-9/h1-4,7-9,12H,5-6H2,(H,18,19)(H2,16,17,20)/t12-/m1/s1. The summed E-state index contributed by atoms with van der Waals surface area (Å²) >= 11 is 5.97. The van der Waals surface area contributed by atoms with E-state index in [0.717, 1.165) is 12.8 Å². The van der Waals surface area contributed by atoms with Crippen LogP contribution in [0.15, 0.2) is 36.4 Å². The van der Waals surface area contributed by atoms with Gasteiger partial charge in [0.25, 0.3) is 0 Å². The van der Waals surface area contributed by atoms with Crippen molar-refractivity contribution in [3.63, 3.8) is 0 Å². The molecular formula is C14H15ClN2O3. The van der Waals surface area contributed by atoms with E-state index >= 15 is 0 Å². The van der Waals surface area contributed by atoms with Gasteiger partial charge in [0.2, 0.25) is 0 Å². The van der Waals surface area contributed by atoms with Crippen LogP contribution >= 0.6 is 11.6 Å². The Morgan fingerprint density at radius 1 is 1.25 bits per heavy atom. The van der Waals surface area contributed by atoms with E-state index in [4.69, 9.17) is 11.6 Å². The zero-order valence-electron chi connectivity index (χ0n) is 10.7. The van der Waals surface area contributed by atoms with E-state index in [0.29, 0.717) is 10.6 Å². The smallest absolute Gasteiger partial charge is 0.331 e. The monoisotopic (exact) mass is 294 g/mol. The number of nitrogens with one attached hydrogen (secondary N) is 2. The highest BCUT2D eigenvalue weighted by Crippen LogP contribution is 2.22. The van der Waals surface area contributed by atoms with E-state index in [1.54, 1.807) is 24.3 Å². The van der Waals surface area contributed by atoms with Crippen LogP contribution in [-0.4, -0.2) is 23.1 Å². The summed E-state index contributed by atoms with van der Waals surface area (Å²) < 4.78 is 0. The number of hydrogen-bond donors (Lipinski definition) is 3. The number of carboxylic acids is 1. The van der Waals surface area contributed by atoms with Gasteiger partial charge in [-0.15, -0.1) is 0 Å². The van der Waals surface area contributed by atoms with E-state index in [2.05, 4.69) is 10.6 Å². The van der Waals surface area contributed by atoms with Crippen molar-refractivity contribution >= 4 is 23.6 Å². The summed E-state index contributed by atoms with van der Waals surface area (Å²) in [6, 6.07) is 4.90. The van der Waals surface area contributed by atoms with Crippen LogP contribution in [0.5, 0.6) is 0 Å². The Morgan fingerprint density at radius 3 is 2.50 bits per heavy atom. The number of urea groups is 1. The molecule has 0 aromatic heterocycles. The first-order valence-electron chi connectivity index (χ1n) is 6.27. The minimum atomic E-state index is -1.17. The van der Waals surface area contributed by atoms with Gasteiger partial charge in [0.1, 0.15) is 0 Å². The van der Waals surface area contributed by atoms with Gasteiger partial charge in [0.05, 0.1) is 0 Å². The van der Waals surface area contributed by atoms with Gasteiger partial charge in [-0.2, -0.15) is 0 Å². The van der Waals surface area contributed by atoms with Crippen LogP contribution in [0.4, 0.5) is 4.79 Å². The second-order valence-corrected chi connectivity index (χ2v) is 4.96. The zero-order valence-corrected chi connectivity index (χ0v) is 11.4. The molecule has 0 bridgehead atoms. The van der Waals surface area contributed by atoms with Gasteiger partial charge >= 0.3 is 12.0 Å². The number of aliphatic carboxylic acids is 1. The Kier molecular flexibility index (Phi) is 4.63. The number of halogens is 1. The Labute approximate surface area is 121 Å². The number of amides is 2. The molecule has 0 heterocycles. The van der Waals surface area contributed by atoms with Gasteiger partial charge in [0, 0.05) is 16.6 Å². The molecule has 1 aromatic carbocycles. The molecule has 1 aromatic rings. The minimum Gasteiger partial charge on any atom is -0.479 e. The molecule has 1 aliphatic rings. The highest BCUT2D eigenvalue weighted by Gasteiger charge is 2.25. The molecule has 0 saturated carbocycles. The van der Waals surface area contributed by atoms with Crippen molar-refractivity contribution in [2.75, 3.05) is 0 Å². The lowest BCUT2D eigenvalue weighted by Crippen LogP contribution is -2.44. The first kappa shape index (κ1) is 14.4. The maximum atomic E-state index is 11.8. The molecule has 0 fully saturated rings. The largest absolute Gasteiger partial charge is 0.479 e. The van der Waals surface area contributed by atoms with Gasteiger partial charge in [-0.25, -0.2) is 9.59 Å². The molecule has 0 unspecified atom stereocenters. The molecule has 6 heteroatoms. The van der Waals surface area contributed by atoms with Gasteiger partial charge in [-0.05, 0) is 18.9 Å². The summed E-state index contributed by atoms with van der Waals surface area (Å²) in [6.07, 6.45) is 5.48. The van der Waals surface area contributed by atoms with Crippen molar-refractivity contribution in [3.8, 4) is 0 Å². The van der Waals surface area contributed by atoms with E-state index in [1.165, 1.54) is 0 Å². The Hall–Kier alpha value is -2.01. The second kappa shape index (κ2) is 6.43. The first-order chi connectivity index (χ1) is 9.58. The fourth-order valence-corrected chi connectivity index (χ4v) is 2.32. The molecule has 0 radical (unpaired) electrons. The van der Waals surface area contributed by atoms with Crippen molar-refractivity contribution in [1.82, 2.24) is 10.6 Å². The van der Waals surface area contributed by atoms with E-state index in [9.17, 15) is 14.7 Å². The van der Waals surface area contributed by atoms with Gasteiger partial charge in [-0.1, -0.05) is 42.0 Å². The summed E-state index contributed by atoms with van der Waals surface area (Å²) in [5.74, 6) is -1.15. The molecule has 0 spiro atoms. The summed E-state index contributed by atoms with van der Waals surface area (Å²) in [7, 11) is 0. The molecule has 106 valence electrons. The molecule has 0 aliphatic heterocycles. The Bertz CT molecular complexity index is 537. The molecular weight excluding hydrogens is 280 g/mol. The van der Waals surface area contributed by atoms with Crippen LogP contribution in [0, 0.1) is 0 Å². The fraction of sp³-hybridized carbons (Fsp3) is 0.286. The second-order valence-electron chi connectivity index (χ2n) is 4.55. The predicted molar refractivity (Wildman–Crippen MR) is 75.7 cm³/mol. The third-order valence-corrected chi connectivity index (χ3v) is 3.43. The molecule has 5 nitrogen and oxygen atoms in total. The minimum absolute atomic E-state index is 0.0238. The molecule has 2 rings (SSSR count). The lowest BCUT2D eigenvalue weighted by Gasteiger charge is -2.18. The molecule has 1 aliphatic carbocycles. The van der Waals surface area contributed by atoms with Crippen LogP contribution in [0.1, 0.15) is 24.4 Å². The SMILES string of the molecule is O=C(NC1CC=CC1)N[C@@H](C(=O)O)c1ccccc1Cl. The quantitative estimate of drug-likeness (QED) is 0.747. The number of carbonyl (C=O) groups is 2. The van der Waals surface area contributed by atoms with Gasteiger partial charge in [0.15, 0.2) is 6.04 Å². The summed E-state index contributed by atoms with van der Waals surface area (Å²) in [4.78, 5) is 23.2. The number of carbonyl (C=O) groups excluding carboxylic acids is 1. The van der Waals surface area contributed by atoms with Crippen molar-refractivity contribution in [2.24, 2.45) is 0 Å². The van der Waals surface area contributed by atoms with Gasteiger partial charge < -0.3 is 15.7 Å². The normalized spacial score (nSPS) is 15.8. The average Bonchev–Trinajstić information content (AvgIpc) is 2.89. The third-order valence-electron chi connectivity index (χ3n) is 3.08. The van der Waals surface area contributed by atoms with Crippen LogP contribution in [0.2, 0.25) is 5.02 Å². The van der Waals surface area contributed by atoms with E-state index in [1.807, 2.05) is 12.2 Å². The highest BCUT2D eigenvalue weighted by molar-refractivity contribution is 6.31. The predicted octanol–water partition coefficient (Wildman–Crippen LogP) is 2.48. The summed E-state index contributed by atoms with van der Waals surface area (Å²) in [5.41, 5.74) is 0.362. The Morgan fingerprint density at radius 2 is 1.90 bits per heavy atom. The Balaban J connectivity index is 2.04. The topological polar surface area (TPSA) is 78.4 Å². The van der Waals surface area contributed by atoms with Crippen molar-refractivity contribution in [1.29, 1.82) is 0 Å². The summed E-state index contributed by atoms with van der Waals surface area (Å²) in [6.45, 7) is 0. The number of rotatable bonds is 4. The van der Waals surface area contributed by atoms with Crippen molar-refractivity contribution in [3.05, 3.63) is 47.0 Å². The first-order valence-corrected chi connectivity index (χ1v) is 6.65. The van der Waals surface area contributed by atoms with Crippen LogP contribution in [-0.2, 0) is 4.79 Å². The molecule has 20 heavy (non-hydrogen) atoms. The fourth-order valence-electron chi connectivity index (χ4n) is 2.07. The third kappa shape index (κ3) is 3.51. The van der Waals surface area contributed by atoms with Crippen LogP contribution < -0.4 is 10.6 Å². The van der Waals surface area contributed by atoms with Crippen molar-refractivity contribution < 1.29 is 14.7 Å². The lowest BCUT2D eigenvalue weighted by atomic mass is 10.1. The molecule has 1 atom stereocenters. The molecule has 3 N–H and O–H groups in total. The lowest BCUT2D eigenvalue weighted by molar-refractivity contribution is -0.139. The molecule has 2 amide bonds. The maximum Gasteiger partial charge on any atom is 0.331 e. The number of benzene rings is 1.